The standard InChI is InChI=1S/C30H37FN4O4/c1-20(2)17-27(30(37)39-24-8-3-4-9-24)33-15-6-16-38-25-10-5-7-21(18-25)28(36)26-19-34-35(29(26)32)23-13-11-22(31)12-14-23/h5,7,10-14,18-20,24,27,33H,3-4,6,8-9,15-17,32H2,1-2H3/t27-/m0/s1. The van der Waals surface area contributed by atoms with E-state index in [2.05, 4.69) is 24.3 Å². The fraction of sp³-hybridized carbons (Fsp3) is 0.433. The van der Waals surface area contributed by atoms with Gasteiger partial charge in [0.05, 0.1) is 24.1 Å². The van der Waals surface area contributed by atoms with E-state index in [4.69, 9.17) is 15.2 Å². The topological polar surface area (TPSA) is 108 Å². The summed E-state index contributed by atoms with van der Waals surface area (Å²) in [6.45, 7) is 5.21. The van der Waals surface area contributed by atoms with Crippen LogP contribution >= 0.6 is 0 Å². The van der Waals surface area contributed by atoms with Crippen molar-refractivity contribution in [2.75, 3.05) is 18.9 Å². The number of nitrogens with zero attached hydrogens (tertiary/aromatic N) is 2. The average molecular weight is 537 g/mol. The first-order valence-electron chi connectivity index (χ1n) is 13.6. The van der Waals surface area contributed by atoms with E-state index in [0.717, 1.165) is 32.1 Å². The number of rotatable bonds is 13. The van der Waals surface area contributed by atoms with Gasteiger partial charge in [-0.15, -0.1) is 0 Å². The number of ether oxygens (including phenoxy) is 2. The molecule has 1 aromatic heterocycles. The first kappa shape index (κ1) is 28.3. The molecule has 0 unspecified atom stereocenters. The lowest BCUT2D eigenvalue weighted by molar-refractivity contribution is -0.151. The van der Waals surface area contributed by atoms with E-state index in [1.165, 1.54) is 23.0 Å². The number of ketones is 1. The molecule has 1 atom stereocenters. The Morgan fingerprint density at radius 3 is 2.62 bits per heavy atom. The largest absolute Gasteiger partial charge is 0.494 e. The van der Waals surface area contributed by atoms with Crippen LogP contribution in [0.1, 0.15) is 68.3 Å². The summed E-state index contributed by atoms with van der Waals surface area (Å²) in [4.78, 5) is 25.8. The fourth-order valence-corrected chi connectivity index (χ4v) is 4.73. The number of benzene rings is 2. The second-order valence-corrected chi connectivity index (χ2v) is 10.4. The molecule has 208 valence electrons. The van der Waals surface area contributed by atoms with E-state index in [-0.39, 0.29) is 41.1 Å². The quantitative estimate of drug-likeness (QED) is 0.178. The molecule has 0 aliphatic heterocycles. The molecule has 0 spiro atoms. The third-order valence-corrected chi connectivity index (χ3v) is 6.78. The van der Waals surface area contributed by atoms with Crippen LogP contribution in [0.5, 0.6) is 5.75 Å². The molecular weight excluding hydrogens is 499 g/mol. The van der Waals surface area contributed by atoms with Gasteiger partial charge in [0.2, 0.25) is 0 Å². The molecule has 39 heavy (non-hydrogen) atoms. The molecule has 3 aromatic rings. The molecule has 0 bridgehead atoms. The average Bonchev–Trinajstić information content (AvgIpc) is 3.57. The van der Waals surface area contributed by atoms with Crippen molar-refractivity contribution < 1.29 is 23.5 Å². The summed E-state index contributed by atoms with van der Waals surface area (Å²) in [5, 5.41) is 7.54. The Hall–Kier alpha value is -3.72. The van der Waals surface area contributed by atoms with Crippen molar-refractivity contribution in [1.29, 1.82) is 0 Å². The van der Waals surface area contributed by atoms with Gasteiger partial charge in [-0.2, -0.15) is 5.10 Å². The van der Waals surface area contributed by atoms with Crippen LogP contribution in [0, 0.1) is 11.7 Å². The van der Waals surface area contributed by atoms with Crippen molar-refractivity contribution in [2.45, 2.75) is 64.5 Å². The zero-order chi connectivity index (χ0) is 27.8. The monoisotopic (exact) mass is 536 g/mol. The Morgan fingerprint density at radius 2 is 1.90 bits per heavy atom. The summed E-state index contributed by atoms with van der Waals surface area (Å²) in [5.74, 6) is 0.281. The second kappa shape index (κ2) is 13.4. The molecule has 1 saturated carbocycles. The SMILES string of the molecule is CC(C)C[C@H](NCCCOc1cccc(C(=O)c2cnn(-c3ccc(F)cc3)c2N)c1)C(=O)OC1CCCC1. The lowest BCUT2D eigenvalue weighted by atomic mass is 10.0. The lowest BCUT2D eigenvalue weighted by Gasteiger charge is -2.21. The number of nitrogens with one attached hydrogen (secondary N) is 1. The van der Waals surface area contributed by atoms with E-state index in [1.54, 1.807) is 36.4 Å². The van der Waals surface area contributed by atoms with Gasteiger partial charge >= 0.3 is 5.97 Å². The van der Waals surface area contributed by atoms with Gasteiger partial charge < -0.3 is 20.5 Å². The number of carbonyl (C=O) groups is 2. The number of hydrogen-bond acceptors (Lipinski definition) is 7. The second-order valence-electron chi connectivity index (χ2n) is 10.4. The Balaban J connectivity index is 1.29. The van der Waals surface area contributed by atoms with Gasteiger partial charge in [0.15, 0.2) is 5.78 Å². The van der Waals surface area contributed by atoms with E-state index < -0.39 is 0 Å². The highest BCUT2D eigenvalue weighted by Crippen LogP contribution is 2.24. The fourth-order valence-electron chi connectivity index (χ4n) is 4.73. The van der Waals surface area contributed by atoms with Crippen molar-refractivity contribution in [1.82, 2.24) is 15.1 Å². The molecule has 2 aromatic carbocycles. The van der Waals surface area contributed by atoms with Crippen LogP contribution < -0.4 is 15.8 Å². The van der Waals surface area contributed by atoms with Crippen LogP contribution in [0.15, 0.2) is 54.7 Å². The first-order chi connectivity index (χ1) is 18.8. The van der Waals surface area contributed by atoms with Gasteiger partial charge in [-0.1, -0.05) is 26.0 Å². The first-order valence-corrected chi connectivity index (χ1v) is 13.6. The van der Waals surface area contributed by atoms with Crippen molar-refractivity contribution in [2.24, 2.45) is 5.92 Å². The van der Waals surface area contributed by atoms with Gasteiger partial charge in [0, 0.05) is 5.56 Å². The molecule has 8 nitrogen and oxygen atoms in total. The predicted molar refractivity (Wildman–Crippen MR) is 148 cm³/mol. The van der Waals surface area contributed by atoms with Crippen LogP contribution in [-0.4, -0.2) is 46.8 Å². The van der Waals surface area contributed by atoms with E-state index in [9.17, 15) is 14.0 Å². The lowest BCUT2D eigenvalue weighted by Crippen LogP contribution is -2.41. The third kappa shape index (κ3) is 7.66. The summed E-state index contributed by atoms with van der Waals surface area (Å²) in [6.07, 6.45) is 7.02. The summed E-state index contributed by atoms with van der Waals surface area (Å²) < 4.78 is 26.3. The normalized spacial score (nSPS) is 14.5. The third-order valence-electron chi connectivity index (χ3n) is 6.78. The van der Waals surface area contributed by atoms with Crippen molar-refractivity contribution in [3.63, 3.8) is 0 Å². The van der Waals surface area contributed by atoms with Crippen molar-refractivity contribution in [3.8, 4) is 11.4 Å². The summed E-state index contributed by atoms with van der Waals surface area (Å²) in [7, 11) is 0. The molecule has 9 heteroatoms. The number of nitrogen functional groups attached to an aromatic ring is 1. The number of anilines is 1. The molecule has 0 amide bonds. The van der Waals surface area contributed by atoms with Crippen LogP contribution in [0.4, 0.5) is 10.2 Å². The minimum absolute atomic E-state index is 0.0554. The Labute approximate surface area is 228 Å². The number of esters is 1. The highest BCUT2D eigenvalue weighted by molar-refractivity contribution is 6.11. The maximum atomic E-state index is 13.3. The highest BCUT2D eigenvalue weighted by atomic mass is 19.1. The van der Waals surface area contributed by atoms with Gasteiger partial charge in [-0.05, 0) is 87.4 Å². The minimum Gasteiger partial charge on any atom is -0.494 e. The van der Waals surface area contributed by atoms with Crippen LogP contribution in [0.3, 0.4) is 0 Å². The Bertz CT molecular complexity index is 1250. The van der Waals surface area contributed by atoms with E-state index in [1.807, 2.05) is 0 Å². The van der Waals surface area contributed by atoms with Crippen molar-refractivity contribution in [3.05, 3.63) is 71.7 Å². The number of halogens is 1. The zero-order valence-electron chi connectivity index (χ0n) is 22.6. The molecule has 4 rings (SSSR count). The molecule has 1 heterocycles. The van der Waals surface area contributed by atoms with E-state index >= 15 is 0 Å². The van der Waals surface area contributed by atoms with E-state index in [0.29, 0.717) is 42.5 Å². The number of hydrogen-bond donors (Lipinski definition) is 2. The summed E-state index contributed by atoms with van der Waals surface area (Å²) in [5.41, 5.74) is 7.43. The highest BCUT2D eigenvalue weighted by Gasteiger charge is 2.26. The smallest absolute Gasteiger partial charge is 0.323 e. The maximum Gasteiger partial charge on any atom is 0.323 e. The molecule has 3 N–H and O–H groups in total. The summed E-state index contributed by atoms with van der Waals surface area (Å²) in [6, 6.07) is 12.3. The Kier molecular flexibility index (Phi) is 9.70. The van der Waals surface area contributed by atoms with Gasteiger partial charge in [-0.3, -0.25) is 9.59 Å². The summed E-state index contributed by atoms with van der Waals surface area (Å²) >= 11 is 0. The van der Waals surface area contributed by atoms with Crippen LogP contribution in [0.25, 0.3) is 5.69 Å². The molecule has 1 aliphatic rings. The molecule has 0 radical (unpaired) electrons. The molecular formula is C30H37FN4O4. The molecule has 1 aliphatic carbocycles. The molecule has 1 fully saturated rings. The number of nitrogens with two attached hydrogens (primary N) is 1. The predicted octanol–water partition coefficient (Wildman–Crippen LogP) is 5.08. The zero-order valence-corrected chi connectivity index (χ0v) is 22.6. The molecule has 0 saturated heterocycles. The Morgan fingerprint density at radius 1 is 1.15 bits per heavy atom. The van der Waals surface area contributed by atoms with Gasteiger partial charge in [0.1, 0.15) is 29.5 Å². The number of aromatic nitrogens is 2. The van der Waals surface area contributed by atoms with Gasteiger partial charge in [-0.25, -0.2) is 9.07 Å². The minimum atomic E-state index is -0.370. The van der Waals surface area contributed by atoms with Crippen molar-refractivity contribution >= 4 is 17.6 Å². The van der Waals surface area contributed by atoms with Crippen LogP contribution in [-0.2, 0) is 9.53 Å². The van der Waals surface area contributed by atoms with Gasteiger partial charge in [0.25, 0.3) is 0 Å². The number of carbonyl (C=O) groups excluding carboxylic acids is 2. The van der Waals surface area contributed by atoms with Crippen LogP contribution in [0.2, 0.25) is 0 Å². The maximum absolute atomic E-state index is 13.3.